The van der Waals surface area contributed by atoms with E-state index in [1.54, 1.807) is 18.0 Å². The molecule has 0 saturated carbocycles. The van der Waals surface area contributed by atoms with Gasteiger partial charge in [0.05, 0.1) is 5.57 Å². The average molecular weight is 324 g/mol. The van der Waals surface area contributed by atoms with E-state index in [2.05, 4.69) is 0 Å². The van der Waals surface area contributed by atoms with E-state index in [9.17, 15) is 9.59 Å². The minimum atomic E-state index is -1.16. The largest absolute Gasteiger partial charge is 0.446 e. The number of nitrogens with zero attached hydrogens (tertiary/aromatic N) is 1. The van der Waals surface area contributed by atoms with Crippen molar-refractivity contribution in [2.45, 2.75) is 32.1 Å². The van der Waals surface area contributed by atoms with Crippen LogP contribution in [0.2, 0.25) is 0 Å². The molecule has 1 aromatic rings. The van der Waals surface area contributed by atoms with Crippen LogP contribution in [-0.4, -0.2) is 18.7 Å². The van der Waals surface area contributed by atoms with Crippen molar-refractivity contribution in [1.29, 1.82) is 0 Å². The zero-order chi connectivity index (χ0) is 17.3. The smallest absolute Gasteiger partial charge is 0.246 e. The number of carbonyl (C=O) groups excluding carboxylic acids is 2. The fourth-order valence-electron chi connectivity index (χ4n) is 4.22. The number of benzene rings is 1. The third-order valence-corrected chi connectivity index (χ3v) is 5.16. The lowest BCUT2D eigenvalue weighted by atomic mass is 9.65. The number of carbonyl (C=O) groups is 2. The SMILES string of the molecule is CN1C(=O)[C@]2(C=C(N)OC3=C2C(=O)CC(C)(C)C3)c2ccccc21. The first-order chi connectivity index (χ1) is 11.3. The molecular weight excluding hydrogens is 304 g/mol. The summed E-state index contributed by atoms with van der Waals surface area (Å²) >= 11 is 0. The molecule has 0 aromatic heterocycles. The molecule has 2 heterocycles. The van der Waals surface area contributed by atoms with Gasteiger partial charge in [-0.3, -0.25) is 9.59 Å². The molecule has 3 aliphatic rings. The van der Waals surface area contributed by atoms with Crippen LogP contribution in [0.15, 0.2) is 47.6 Å². The minimum absolute atomic E-state index is 0.0385. The summed E-state index contributed by atoms with van der Waals surface area (Å²) in [5.74, 6) is 0.520. The Morgan fingerprint density at radius 3 is 2.62 bits per heavy atom. The Morgan fingerprint density at radius 2 is 1.88 bits per heavy atom. The molecule has 0 radical (unpaired) electrons. The highest BCUT2D eigenvalue weighted by Crippen LogP contribution is 2.54. The molecule has 1 aromatic carbocycles. The summed E-state index contributed by atoms with van der Waals surface area (Å²) < 4.78 is 5.71. The molecule has 0 bridgehead atoms. The van der Waals surface area contributed by atoms with Crippen molar-refractivity contribution in [3.05, 3.63) is 53.1 Å². The van der Waals surface area contributed by atoms with Crippen molar-refractivity contribution < 1.29 is 14.3 Å². The Hall–Kier alpha value is -2.56. The number of allylic oxidation sites excluding steroid dienone is 1. The number of likely N-dealkylation sites (N-methyl/N-ethyl adjacent to an activating group) is 1. The lowest BCUT2D eigenvalue weighted by Gasteiger charge is -2.39. The number of anilines is 1. The maximum Gasteiger partial charge on any atom is 0.246 e. The number of para-hydroxylation sites is 1. The quantitative estimate of drug-likeness (QED) is 0.795. The summed E-state index contributed by atoms with van der Waals surface area (Å²) in [6, 6.07) is 7.54. The number of hydrogen-bond acceptors (Lipinski definition) is 4. The molecule has 2 N–H and O–H groups in total. The van der Waals surface area contributed by atoms with Crippen LogP contribution >= 0.6 is 0 Å². The van der Waals surface area contributed by atoms with Gasteiger partial charge in [0.15, 0.2) is 11.7 Å². The van der Waals surface area contributed by atoms with Gasteiger partial charge in [-0.2, -0.15) is 0 Å². The monoisotopic (exact) mass is 324 g/mol. The van der Waals surface area contributed by atoms with E-state index in [-0.39, 0.29) is 23.0 Å². The lowest BCUT2D eigenvalue weighted by molar-refractivity contribution is -0.125. The van der Waals surface area contributed by atoms with Crippen LogP contribution in [0.1, 0.15) is 32.3 Å². The zero-order valence-corrected chi connectivity index (χ0v) is 14.1. The molecule has 124 valence electrons. The Balaban J connectivity index is 2.03. The van der Waals surface area contributed by atoms with Gasteiger partial charge >= 0.3 is 0 Å². The van der Waals surface area contributed by atoms with Crippen molar-refractivity contribution >= 4 is 17.4 Å². The van der Waals surface area contributed by atoms with Crippen LogP contribution in [0.5, 0.6) is 0 Å². The van der Waals surface area contributed by atoms with E-state index in [1.807, 2.05) is 38.1 Å². The van der Waals surface area contributed by atoms with Crippen LogP contribution in [0.4, 0.5) is 5.69 Å². The fourth-order valence-corrected chi connectivity index (χ4v) is 4.22. The summed E-state index contributed by atoms with van der Waals surface area (Å²) in [4.78, 5) is 27.8. The number of fused-ring (bicyclic) bond motifs is 3. The summed E-state index contributed by atoms with van der Waals surface area (Å²) in [5.41, 5.74) is 6.71. The maximum absolute atomic E-state index is 13.2. The first kappa shape index (κ1) is 15.0. The minimum Gasteiger partial charge on any atom is -0.446 e. The number of rotatable bonds is 0. The summed E-state index contributed by atoms with van der Waals surface area (Å²) in [7, 11) is 1.73. The second-order valence-corrected chi connectivity index (χ2v) is 7.58. The van der Waals surface area contributed by atoms with Crippen LogP contribution in [-0.2, 0) is 19.7 Å². The van der Waals surface area contributed by atoms with Gasteiger partial charge in [-0.05, 0) is 11.5 Å². The molecule has 0 saturated heterocycles. The predicted octanol–water partition coefficient (Wildman–Crippen LogP) is 2.37. The fraction of sp³-hybridized carbons (Fsp3) is 0.368. The number of Topliss-reactive ketones (excluding diaryl/α,β-unsaturated/α-hetero) is 1. The van der Waals surface area contributed by atoms with Crippen molar-refractivity contribution in [1.82, 2.24) is 0 Å². The molecule has 2 aliphatic heterocycles. The van der Waals surface area contributed by atoms with Gasteiger partial charge in [-0.15, -0.1) is 0 Å². The van der Waals surface area contributed by atoms with Crippen molar-refractivity contribution in [3.63, 3.8) is 0 Å². The average Bonchev–Trinajstić information content (AvgIpc) is 2.68. The summed E-state index contributed by atoms with van der Waals surface area (Å²) in [6.45, 7) is 4.05. The van der Waals surface area contributed by atoms with E-state index in [1.165, 1.54) is 0 Å². The molecule has 5 heteroatoms. The van der Waals surface area contributed by atoms with Gasteiger partial charge in [-0.25, -0.2) is 0 Å². The third kappa shape index (κ3) is 1.75. The molecule has 1 atom stereocenters. The molecule has 4 rings (SSSR count). The molecular formula is C19H20N2O3. The number of ketones is 1. The van der Waals surface area contributed by atoms with Crippen LogP contribution in [0.3, 0.4) is 0 Å². The van der Waals surface area contributed by atoms with Crippen molar-refractivity contribution in [3.8, 4) is 0 Å². The molecule has 24 heavy (non-hydrogen) atoms. The first-order valence-corrected chi connectivity index (χ1v) is 8.07. The third-order valence-electron chi connectivity index (χ3n) is 5.16. The number of amides is 1. The van der Waals surface area contributed by atoms with E-state index in [0.29, 0.717) is 24.2 Å². The molecule has 5 nitrogen and oxygen atoms in total. The van der Waals surface area contributed by atoms with Gasteiger partial charge in [-0.1, -0.05) is 32.0 Å². The van der Waals surface area contributed by atoms with Crippen LogP contribution in [0.25, 0.3) is 0 Å². The highest BCUT2D eigenvalue weighted by molar-refractivity contribution is 6.18. The normalized spacial score (nSPS) is 27.8. The maximum atomic E-state index is 13.2. The van der Waals surface area contributed by atoms with Crippen molar-refractivity contribution in [2.24, 2.45) is 11.1 Å². The van der Waals surface area contributed by atoms with Crippen LogP contribution in [0, 0.1) is 5.41 Å². The van der Waals surface area contributed by atoms with Gasteiger partial charge in [0, 0.05) is 37.2 Å². The number of ether oxygens (including phenoxy) is 1. The first-order valence-electron chi connectivity index (χ1n) is 8.07. The Morgan fingerprint density at radius 1 is 1.17 bits per heavy atom. The highest BCUT2D eigenvalue weighted by Gasteiger charge is 2.57. The topological polar surface area (TPSA) is 72.6 Å². The standard InChI is InChI=1S/C19H20N2O3/c1-18(2)8-13(22)16-14(9-18)24-15(20)10-19(16)11-6-4-5-7-12(11)21(3)17(19)23/h4-7,10H,8-9,20H2,1-3H3/t19-/m1/s1. The van der Waals surface area contributed by atoms with Gasteiger partial charge in [0.25, 0.3) is 0 Å². The number of hydrogen-bond donors (Lipinski definition) is 1. The van der Waals surface area contributed by atoms with Crippen LogP contribution < -0.4 is 10.6 Å². The molecule has 0 unspecified atom stereocenters. The second kappa shape index (κ2) is 4.50. The molecule has 1 spiro atoms. The number of nitrogens with two attached hydrogens (primary N) is 1. The van der Waals surface area contributed by atoms with E-state index in [4.69, 9.17) is 10.5 Å². The Labute approximate surface area is 140 Å². The highest BCUT2D eigenvalue weighted by atomic mass is 16.5. The molecule has 1 aliphatic carbocycles. The van der Waals surface area contributed by atoms with Gasteiger partial charge in [0.1, 0.15) is 11.2 Å². The Bertz CT molecular complexity index is 850. The summed E-state index contributed by atoms with van der Waals surface area (Å²) in [6.07, 6.45) is 2.58. The van der Waals surface area contributed by atoms with Gasteiger partial charge < -0.3 is 15.4 Å². The Kier molecular flexibility index (Phi) is 2.81. The van der Waals surface area contributed by atoms with E-state index >= 15 is 0 Å². The van der Waals surface area contributed by atoms with E-state index in [0.717, 1.165) is 11.3 Å². The van der Waals surface area contributed by atoms with E-state index < -0.39 is 5.41 Å². The van der Waals surface area contributed by atoms with Crippen molar-refractivity contribution in [2.75, 3.05) is 11.9 Å². The molecule has 1 amide bonds. The lowest BCUT2D eigenvalue weighted by Crippen LogP contribution is -2.46. The zero-order valence-electron chi connectivity index (χ0n) is 14.1. The van der Waals surface area contributed by atoms with Gasteiger partial charge in [0.2, 0.25) is 5.91 Å². The predicted molar refractivity (Wildman–Crippen MR) is 89.9 cm³/mol. The molecule has 0 fully saturated rings. The summed E-state index contributed by atoms with van der Waals surface area (Å²) in [5, 5.41) is 0. The second-order valence-electron chi connectivity index (χ2n) is 7.58.